The van der Waals surface area contributed by atoms with Crippen LogP contribution in [0.5, 0.6) is 0 Å². The fourth-order valence-corrected chi connectivity index (χ4v) is 1.54. The van der Waals surface area contributed by atoms with Gasteiger partial charge in [0, 0.05) is 16.0 Å². The van der Waals surface area contributed by atoms with Crippen LogP contribution in [0.25, 0.3) is 0 Å². The van der Waals surface area contributed by atoms with Gasteiger partial charge in [-0.25, -0.2) is 0 Å². The third-order valence-corrected chi connectivity index (χ3v) is 2.41. The maximum Gasteiger partial charge on any atom is 0.0576 e. The summed E-state index contributed by atoms with van der Waals surface area (Å²) in [5.74, 6) is 2.51. The van der Waals surface area contributed by atoms with Crippen molar-refractivity contribution >= 4 is 27.5 Å². The number of rotatable bonds is 3. The molecule has 0 saturated carbocycles. The average molecular weight is 259 g/mol. The minimum atomic E-state index is 0.558. The fourth-order valence-electron chi connectivity index (χ4n) is 0.948. The second-order valence-corrected chi connectivity index (χ2v) is 3.87. The van der Waals surface area contributed by atoms with Crippen LogP contribution in [0.4, 0.5) is 0 Å². The van der Waals surface area contributed by atoms with Gasteiger partial charge >= 0.3 is 0 Å². The number of benzene rings is 1. The molecule has 68 valence electrons. The predicted molar refractivity (Wildman–Crippen MR) is 59.7 cm³/mol. The molecular formula is C10H9BrClN. The molecule has 0 aliphatic heterocycles. The first-order chi connectivity index (χ1) is 6.24. The summed E-state index contributed by atoms with van der Waals surface area (Å²) in [6, 6.07) is 5.75. The molecule has 0 amide bonds. The Hall–Kier alpha value is -0.490. The van der Waals surface area contributed by atoms with E-state index in [0.29, 0.717) is 13.1 Å². The Balaban J connectivity index is 2.65. The minimum absolute atomic E-state index is 0.558. The van der Waals surface area contributed by atoms with Crippen LogP contribution in [0.2, 0.25) is 5.02 Å². The quantitative estimate of drug-likeness (QED) is 0.649. The topological polar surface area (TPSA) is 12.0 Å². The van der Waals surface area contributed by atoms with Gasteiger partial charge < -0.3 is 5.32 Å². The summed E-state index contributed by atoms with van der Waals surface area (Å²) in [4.78, 5) is 0. The van der Waals surface area contributed by atoms with E-state index < -0.39 is 0 Å². The summed E-state index contributed by atoms with van der Waals surface area (Å²) in [6.07, 6.45) is 5.11. The summed E-state index contributed by atoms with van der Waals surface area (Å²) in [7, 11) is 0. The summed E-state index contributed by atoms with van der Waals surface area (Å²) >= 11 is 9.34. The molecule has 1 nitrogen and oxygen atoms in total. The smallest absolute Gasteiger partial charge is 0.0576 e. The van der Waals surface area contributed by atoms with Crippen molar-refractivity contribution in [3.05, 3.63) is 33.3 Å². The van der Waals surface area contributed by atoms with Crippen molar-refractivity contribution in [3.8, 4) is 12.3 Å². The van der Waals surface area contributed by atoms with E-state index in [1.807, 2.05) is 18.2 Å². The first kappa shape index (κ1) is 10.6. The van der Waals surface area contributed by atoms with Gasteiger partial charge in [0.15, 0.2) is 0 Å². The maximum atomic E-state index is 5.96. The van der Waals surface area contributed by atoms with Crippen LogP contribution in [0.1, 0.15) is 5.56 Å². The van der Waals surface area contributed by atoms with Gasteiger partial charge in [-0.15, -0.1) is 6.42 Å². The van der Waals surface area contributed by atoms with Crippen LogP contribution >= 0.6 is 27.5 Å². The molecule has 0 aliphatic rings. The number of hydrogen-bond donors (Lipinski definition) is 1. The van der Waals surface area contributed by atoms with E-state index in [4.69, 9.17) is 18.0 Å². The van der Waals surface area contributed by atoms with E-state index in [0.717, 1.165) is 15.1 Å². The van der Waals surface area contributed by atoms with Crippen molar-refractivity contribution in [1.82, 2.24) is 5.32 Å². The van der Waals surface area contributed by atoms with Crippen molar-refractivity contribution < 1.29 is 0 Å². The molecule has 0 radical (unpaired) electrons. The van der Waals surface area contributed by atoms with Gasteiger partial charge in [-0.1, -0.05) is 33.5 Å². The molecule has 0 heterocycles. The molecule has 1 aromatic carbocycles. The molecule has 0 fully saturated rings. The average Bonchev–Trinajstić information content (AvgIpc) is 2.11. The van der Waals surface area contributed by atoms with Gasteiger partial charge in [-0.05, 0) is 23.8 Å². The molecule has 0 atom stereocenters. The Kier molecular flexibility index (Phi) is 4.31. The highest BCUT2D eigenvalue weighted by Crippen LogP contribution is 2.20. The van der Waals surface area contributed by atoms with Crippen LogP contribution in [-0.2, 0) is 6.54 Å². The SMILES string of the molecule is C#CCNCc1cc(Br)ccc1Cl. The molecule has 3 heteroatoms. The number of nitrogens with one attached hydrogen (secondary N) is 1. The molecule has 0 spiro atoms. The van der Waals surface area contributed by atoms with Crippen molar-refractivity contribution in [2.24, 2.45) is 0 Å². The first-order valence-electron chi connectivity index (χ1n) is 3.82. The van der Waals surface area contributed by atoms with Gasteiger partial charge in [0.2, 0.25) is 0 Å². The summed E-state index contributed by atoms with van der Waals surface area (Å²) in [5.41, 5.74) is 1.05. The predicted octanol–water partition coefficient (Wildman–Crippen LogP) is 2.83. The summed E-state index contributed by atoms with van der Waals surface area (Å²) in [6.45, 7) is 1.26. The van der Waals surface area contributed by atoms with Crippen LogP contribution in [0.15, 0.2) is 22.7 Å². The lowest BCUT2D eigenvalue weighted by atomic mass is 10.2. The Morgan fingerprint density at radius 3 is 3.00 bits per heavy atom. The van der Waals surface area contributed by atoms with Gasteiger partial charge in [-0.3, -0.25) is 0 Å². The molecular weight excluding hydrogens is 249 g/mol. The lowest BCUT2D eigenvalue weighted by molar-refractivity contribution is 0.770. The van der Waals surface area contributed by atoms with Gasteiger partial charge in [-0.2, -0.15) is 0 Å². The zero-order chi connectivity index (χ0) is 9.68. The zero-order valence-corrected chi connectivity index (χ0v) is 9.32. The van der Waals surface area contributed by atoms with Gasteiger partial charge in [0.1, 0.15) is 0 Å². The normalized spacial score (nSPS) is 9.62. The second-order valence-electron chi connectivity index (χ2n) is 2.54. The van der Waals surface area contributed by atoms with E-state index in [1.165, 1.54) is 0 Å². The molecule has 0 unspecified atom stereocenters. The van der Waals surface area contributed by atoms with E-state index in [2.05, 4.69) is 27.2 Å². The van der Waals surface area contributed by atoms with E-state index >= 15 is 0 Å². The van der Waals surface area contributed by atoms with Crippen molar-refractivity contribution in [2.45, 2.75) is 6.54 Å². The molecule has 1 aromatic rings. The number of halogens is 2. The van der Waals surface area contributed by atoms with Crippen LogP contribution in [0, 0.1) is 12.3 Å². The molecule has 0 bridgehead atoms. The lowest BCUT2D eigenvalue weighted by Gasteiger charge is -2.04. The molecule has 0 saturated heterocycles. The monoisotopic (exact) mass is 257 g/mol. The molecule has 0 aromatic heterocycles. The standard InChI is InChI=1S/C10H9BrClN/c1-2-5-13-7-8-6-9(11)3-4-10(8)12/h1,3-4,6,13H,5,7H2. The lowest BCUT2D eigenvalue weighted by Crippen LogP contribution is -2.13. The maximum absolute atomic E-state index is 5.96. The van der Waals surface area contributed by atoms with Crippen molar-refractivity contribution in [2.75, 3.05) is 6.54 Å². The Morgan fingerprint density at radius 2 is 2.31 bits per heavy atom. The van der Waals surface area contributed by atoms with Crippen LogP contribution in [-0.4, -0.2) is 6.54 Å². The highest BCUT2D eigenvalue weighted by molar-refractivity contribution is 9.10. The van der Waals surface area contributed by atoms with Crippen molar-refractivity contribution in [3.63, 3.8) is 0 Å². The number of hydrogen-bond acceptors (Lipinski definition) is 1. The van der Waals surface area contributed by atoms with E-state index in [9.17, 15) is 0 Å². The Labute approximate surface area is 91.6 Å². The molecule has 13 heavy (non-hydrogen) atoms. The highest BCUT2D eigenvalue weighted by Gasteiger charge is 1.99. The third kappa shape index (κ3) is 3.40. The zero-order valence-electron chi connectivity index (χ0n) is 6.98. The Bertz CT molecular complexity index is 330. The molecule has 1 rings (SSSR count). The van der Waals surface area contributed by atoms with Crippen LogP contribution in [0.3, 0.4) is 0 Å². The van der Waals surface area contributed by atoms with Crippen LogP contribution < -0.4 is 5.32 Å². The van der Waals surface area contributed by atoms with E-state index in [-0.39, 0.29) is 0 Å². The van der Waals surface area contributed by atoms with E-state index in [1.54, 1.807) is 0 Å². The Morgan fingerprint density at radius 1 is 1.54 bits per heavy atom. The fraction of sp³-hybridized carbons (Fsp3) is 0.200. The second kappa shape index (κ2) is 5.29. The largest absolute Gasteiger partial charge is 0.302 e. The third-order valence-electron chi connectivity index (χ3n) is 1.55. The number of terminal acetylenes is 1. The highest BCUT2D eigenvalue weighted by atomic mass is 79.9. The summed E-state index contributed by atoms with van der Waals surface area (Å²) in [5, 5.41) is 3.84. The summed E-state index contributed by atoms with van der Waals surface area (Å²) < 4.78 is 1.02. The van der Waals surface area contributed by atoms with Gasteiger partial charge in [0.05, 0.1) is 6.54 Å². The van der Waals surface area contributed by atoms with Crippen molar-refractivity contribution in [1.29, 1.82) is 0 Å². The molecule has 0 aliphatic carbocycles. The molecule has 1 N–H and O–H groups in total. The minimum Gasteiger partial charge on any atom is -0.302 e. The first-order valence-corrected chi connectivity index (χ1v) is 4.99. The van der Waals surface area contributed by atoms with Gasteiger partial charge in [0.25, 0.3) is 0 Å².